The lowest BCUT2D eigenvalue weighted by Gasteiger charge is -2.44. The Balaban J connectivity index is 1.43. The third-order valence-electron chi connectivity index (χ3n) is 7.79. The maximum absolute atomic E-state index is 12.6. The minimum Gasteiger partial charge on any atom is -0.406 e. The molecule has 1 unspecified atom stereocenters. The van der Waals surface area contributed by atoms with Gasteiger partial charge in [0, 0.05) is 18.5 Å². The molecule has 2 heterocycles. The molecule has 0 amide bonds. The molecule has 0 bridgehead atoms. The van der Waals surface area contributed by atoms with Gasteiger partial charge in [-0.15, -0.1) is 13.2 Å². The van der Waals surface area contributed by atoms with Gasteiger partial charge in [0.1, 0.15) is 5.75 Å². The van der Waals surface area contributed by atoms with E-state index in [-0.39, 0.29) is 11.7 Å². The van der Waals surface area contributed by atoms with Gasteiger partial charge in [-0.1, -0.05) is 37.8 Å². The summed E-state index contributed by atoms with van der Waals surface area (Å²) in [5.74, 6) is -0.313. The molecule has 1 aliphatic carbocycles. The first-order chi connectivity index (χ1) is 15.3. The second-order valence-corrected chi connectivity index (χ2v) is 9.96. The fourth-order valence-corrected chi connectivity index (χ4v) is 6.01. The predicted octanol–water partition coefficient (Wildman–Crippen LogP) is 5.31. The number of ether oxygens (including phenoxy) is 1. The lowest BCUT2D eigenvalue weighted by atomic mass is 9.72. The third-order valence-corrected chi connectivity index (χ3v) is 7.79. The largest absolute Gasteiger partial charge is 0.573 e. The van der Waals surface area contributed by atoms with Crippen molar-refractivity contribution in [3.8, 4) is 5.75 Å². The number of alkyl halides is 3. The number of nitrogens with zero attached hydrogens (tertiary/aromatic N) is 2. The van der Waals surface area contributed by atoms with Crippen LogP contribution >= 0.6 is 0 Å². The predicted molar refractivity (Wildman–Crippen MR) is 119 cm³/mol. The lowest BCUT2D eigenvalue weighted by Crippen LogP contribution is -2.50. The number of hydrogen-bond donors (Lipinski definition) is 1. The Hall–Kier alpha value is -1.31. The van der Waals surface area contributed by atoms with Gasteiger partial charge in [0.2, 0.25) is 0 Å². The number of likely N-dealkylation sites (tertiary alicyclic amines) is 2. The summed E-state index contributed by atoms with van der Waals surface area (Å²) in [4.78, 5) is 5.12. The summed E-state index contributed by atoms with van der Waals surface area (Å²) in [5, 5.41) is 11.6. The van der Waals surface area contributed by atoms with E-state index < -0.39 is 12.0 Å². The fraction of sp³-hybridized carbons (Fsp3) is 0.760. The Morgan fingerprint density at radius 1 is 0.906 bits per heavy atom. The van der Waals surface area contributed by atoms with Gasteiger partial charge in [-0.3, -0.25) is 0 Å². The van der Waals surface area contributed by atoms with Crippen molar-refractivity contribution in [2.24, 2.45) is 0 Å². The first kappa shape index (κ1) is 23.8. The first-order valence-electron chi connectivity index (χ1n) is 12.4. The van der Waals surface area contributed by atoms with Crippen LogP contribution in [-0.4, -0.2) is 65.6 Å². The van der Waals surface area contributed by atoms with Crippen LogP contribution < -0.4 is 4.74 Å². The Morgan fingerprint density at radius 3 is 2.09 bits per heavy atom. The zero-order valence-corrected chi connectivity index (χ0v) is 19.0. The standard InChI is InChI=1S/C25H37F3N2O2/c26-25(27,28)32-22-9-7-20(8-10-22)23(24(31)13-3-1-4-14-24)19-29-17-11-21(12-18-29)30-15-5-2-6-16-30/h7-10,21,23,31H,1-6,11-19H2. The van der Waals surface area contributed by atoms with E-state index in [1.54, 1.807) is 12.1 Å². The molecular formula is C25H37F3N2O2. The third kappa shape index (κ3) is 6.17. The molecule has 3 fully saturated rings. The summed E-state index contributed by atoms with van der Waals surface area (Å²) in [7, 11) is 0. The van der Waals surface area contributed by atoms with Crippen molar-refractivity contribution in [1.82, 2.24) is 9.80 Å². The van der Waals surface area contributed by atoms with E-state index in [9.17, 15) is 18.3 Å². The number of rotatable bonds is 6. The Morgan fingerprint density at radius 2 is 1.50 bits per heavy atom. The van der Waals surface area contributed by atoms with Crippen LogP contribution in [0.25, 0.3) is 0 Å². The van der Waals surface area contributed by atoms with Gasteiger partial charge in [0.05, 0.1) is 5.60 Å². The topological polar surface area (TPSA) is 35.9 Å². The summed E-state index contributed by atoms with van der Waals surface area (Å²) in [6.45, 7) is 5.23. The van der Waals surface area contributed by atoms with Gasteiger partial charge in [0.15, 0.2) is 0 Å². The molecule has 4 rings (SSSR count). The van der Waals surface area contributed by atoms with Crippen LogP contribution in [0, 0.1) is 0 Å². The van der Waals surface area contributed by atoms with Crippen LogP contribution in [0.4, 0.5) is 13.2 Å². The molecule has 0 radical (unpaired) electrons. The molecule has 1 aromatic rings. The van der Waals surface area contributed by atoms with Crippen LogP contribution in [0.1, 0.15) is 75.7 Å². The molecule has 32 heavy (non-hydrogen) atoms. The van der Waals surface area contributed by atoms with Crippen molar-refractivity contribution in [1.29, 1.82) is 0 Å². The van der Waals surface area contributed by atoms with Crippen molar-refractivity contribution in [2.45, 2.75) is 88.1 Å². The number of hydrogen-bond acceptors (Lipinski definition) is 4. The highest BCUT2D eigenvalue weighted by Crippen LogP contribution is 2.41. The zero-order chi connectivity index (χ0) is 22.6. The van der Waals surface area contributed by atoms with E-state index in [1.165, 1.54) is 44.5 Å². The fourth-order valence-electron chi connectivity index (χ4n) is 6.01. The van der Waals surface area contributed by atoms with Crippen molar-refractivity contribution in [3.63, 3.8) is 0 Å². The highest BCUT2D eigenvalue weighted by Gasteiger charge is 2.40. The maximum atomic E-state index is 12.6. The number of halogens is 3. The second-order valence-electron chi connectivity index (χ2n) is 9.96. The molecule has 2 saturated heterocycles. The summed E-state index contributed by atoms with van der Waals surface area (Å²) in [6.07, 6.45) is 6.22. The number of piperidine rings is 2. The van der Waals surface area contributed by atoms with E-state index in [0.29, 0.717) is 6.04 Å². The summed E-state index contributed by atoms with van der Waals surface area (Å²) >= 11 is 0. The van der Waals surface area contributed by atoms with Gasteiger partial charge < -0.3 is 19.6 Å². The van der Waals surface area contributed by atoms with E-state index in [2.05, 4.69) is 14.5 Å². The second kappa shape index (κ2) is 10.3. The minimum atomic E-state index is -4.69. The molecule has 1 aromatic carbocycles. The molecule has 1 atom stereocenters. The van der Waals surface area contributed by atoms with E-state index in [0.717, 1.165) is 70.1 Å². The zero-order valence-electron chi connectivity index (χ0n) is 19.0. The van der Waals surface area contributed by atoms with Crippen molar-refractivity contribution in [2.75, 3.05) is 32.7 Å². The Bertz CT molecular complexity index is 705. The van der Waals surface area contributed by atoms with E-state index in [1.807, 2.05) is 0 Å². The summed E-state index contributed by atoms with van der Waals surface area (Å²) < 4.78 is 41.7. The maximum Gasteiger partial charge on any atom is 0.573 e. The molecular weight excluding hydrogens is 417 g/mol. The number of aliphatic hydroxyl groups is 1. The average Bonchev–Trinajstić information content (AvgIpc) is 2.79. The summed E-state index contributed by atoms with van der Waals surface area (Å²) in [5.41, 5.74) is 0.107. The van der Waals surface area contributed by atoms with Gasteiger partial charge in [0.25, 0.3) is 0 Å². The molecule has 4 nitrogen and oxygen atoms in total. The average molecular weight is 455 g/mol. The molecule has 3 aliphatic rings. The lowest BCUT2D eigenvalue weighted by molar-refractivity contribution is -0.274. The van der Waals surface area contributed by atoms with Gasteiger partial charge in [-0.2, -0.15) is 0 Å². The highest BCUT2D eigenvalue weighted by atomic mass is 19.4. The van der Waals surface area contributed by atoms with E-state index >= 15 is 0 Å². The summed E-state index contributed by atoms with van der Waals surface area (Å²) in [6, 6.07) is 6.84. The quantitative estimate of drug-likeness (QED) is 0.632. The molecule has 0 aromatic heterocycles. The highest BCUT2D eigenvalue weighted by molar-refractivity contribution is 5.32. The van der Waals surface area contributed by atoms with Crippen molar-refractivity contribution in [3.05, 3.63) is 29.8 Å². The Labute approximate surface area is 189 Å². The van der Waals surface area contributed by atoms with Gasteiger partial charge in [-0.05, 0) is 82.4 Å². The SMILES string of the molecule is OC1(C(CN2CCC(N3CCCCC3)CC2)c2ccc(OC(F)(F)F)cc2)CCCCC1. The molecule has 180 valence electrons. The van der Waals surface area contributed by atoms with Crippen LogP contribution in [0.5, 0.6) is 5.75 Å². The Kier molecular flexibility index (Phi) is 7.68. The van der Waals surface area contributed by atoms with Crippen molar-refractivity contribution < 1.29 is 23.0 Å². The molecule has 1 N–H and O–H groups in total. The van der Waals surface area contributed by atoms with Gasteiger partial charge >= 0.3 is 6.36 Å². The first-order valence-corrected chi connectivity index (χ1v) is 12.4. The van der Waals surface area contributed by atoms with Crippen LogP contribution in [0.15, 0.2) is 24.3 Å². The van der Waals surface area contributed by atoms with Crippen LogP contribution in [0.3, 0.4) is 0 Å². The molecule has 0 spiro atoms. The van der Waals surface area contributed by atoms with Crippen LogP contribution in [0.2, 0.25) is 0 Å². The van der Waals surface area contributed by atoms with E-state index in [4.69, 9.17) is 0 Å². The number of benzene rings is 1. The van der Waals surface area contributed by atoms with Gasteiger partial charge in [-0.25, -0.2) is 0 Å². The van der Waals surface area contributed by atoms with Crippen molar-refractivity contribution >= 4 is 0 Å². The smallest absolute Gasteiger partial charge is 0.406 e. The molecule has 7 heteroatoms. The van der Waals surface area contributed by atoms with Crippen LogP contribution in [-0.2, 0) is 0 Å². The monoisotopic (exact) mass is 454 g/mol. The molecule has 1 saturated carbocycles. The molecule has 2 aliphatic heterocycles. The normalized spacial score (nSPS) is 24.9. The minimum absolute atomic E-state index is 0.103.